The highest BCUT2D eigenvalue weighted by Gasteiger charge is 2.14. The Labute approximate surface area is 143 Å². The standard InChI is InChI=1S/C16H19BrClNOS/c1-20-8-7-19-11-13(10-16-15(17)6-9-21-16)12-2-4-14(18)5-3-12/h2-6,9,13,19H,7-8,10-11H2,1H3. The second-order valence-electron chi connectivity index (χ2n) is 4.84. The van der Waals surface area contributed by atoms with Gasteiger partial charge in [0, 0.05) is 40.5 Å². The van der Waals surface area contributed by atoms with Crippen molar-refractivity contribution in [2.75, 3.05) is 26.8 Å². The van der Waals surface area contributed by atoms with Crippen LogP contribution in [0.2, 0.25) is 5.02 Å². The number of benzene rings is 1. The molecule has 2 rings (SSSR count). The number of methoxy groups -OCH3 is 1. The molecule has 0 aliphatic carbocycles. The van der Waals surface area contributed by atoms with Crippen molar-refractivity contribution in [3.63, 3.8) is 0 Å². The number of ether oxygens (including phenoxy) is 1. The van der Waals surface area contributed by atoms with Crippen molar-refractivity contribution in [3.05, 3.63) is 55.6 Å². The first-order valence-corrected chi connectivity index (χ1v) is 8.92. The molecule has 0 aliphatic rings. The zero-order chi connectivity index (χ0) is 15.1. The fraction of sp³-hybridized carbons (Fsp3) is 0.375. The molecule has 21 heavy (non-hydrogen) atoms. The van der Waals surface area contributed by atoms with E-state index in [0.717, 1.165) is 31.1 Å². The molecule has 0 saturated heterocycles. The summed E-state index contributed by atoms with van der Waals surface area (Å²) in [5, 5.41) is 6.36. The second-order valence-corrected chi connectivity index (χ2v) is 7.13. The van der Waals surface area contributed by atoms with Crippen molar-refractivity contribution >= 4 is 38.9 Å². The van der Waals surface area contributed by atoms with Gasteiger partial charge >= 0.3 is 0 Å². The third kappa shape index (κ3) is 5.38. The van der Waals surface area contributed by atoms with Crippen LogP contribution in [0.4, 0.5) is 0 Å². The highest BCUT2D eigenvalue weighted by molar-refractivity contribution is 9.10. The van der Waals surface area contributed by atoms with Crippen LogP contribution in [0.25, 0.3) is 0 Å². The minimum absolute atomic E-state index is 0.425. The van der Waals surface area contributed by atoms with Gasteiger partial charge in [-0.15, -0.1) is 11.3 Å². The summed E-state index contributed by atoms with van der Waals surface area (Å²) in [6.07, 6.45) is 1.01. The molecule has 0 fully saturated rings. The van der Waals surface area contributed by atoms with Gasteiger partial charge in [-0.2, -0.15) is 0 Å². The van der Waals surface area contributed by atoms with E-state index >= 15 is 0 Å². The van der Waals surface area contributed by atoms with Crippen LogP contribution in [-0.4, -0.2) is 26.8 Å². The Kier molecular flexibility index (Phi) is 7.20. The van der Waals surface area contributed by atoms with Crippen LogP contribution in [0.5, 0.6) is 0 Å². The maximum absolute atomic E-state index is 5.99. The minimum Gasteiger partial charge on any atom is -0.383 e. The van der Waals surface area contributed by atoms with Crippen molar-refractivity contribution in [2.24, 2.45) is 0 Å². The molecule has 0 bridgehead atoms. The van der Waals surface area contributed by atoms with Gasteiger partial charge in [0.1, 0.15) is 0 Å². The molecule has 1 unspecified atom stereocenters. The molecular weight excluding hydrogens is 370 g/mol. The lowest BCUT2D eigenvalue weighted by Gasteiger charge is -2.18. The normalized spacial score (nSPS) is 12.5. The Morgan fingerprint density at radius 1 is 1.29 bits per heavy atom. The van der Waals surface area contributed by atoms with Crippen molar-refractivity contribution in [2.45, 2.75) is 12.3 Å². The van der Waals surface area contributed by atoms with Gasteiger partial charge in [0.05, 0.1) is 6.61 Å². The van der Waals surface area contributed by atoms with E-state index in [-0.39, 0.29) is 0 Å². The second kappa shape index (κ2) is 8.91. The molecule has 0 saturated carbocycles. The fourth-order valence-corrected chi connectivity index (χ4v) is 3.91. The first-order chi connectivity index (χ1) is 10.2. The summed E-state index contributed by atoms with van der Waals surface area (Å²) in [5.41, 5.74) is 1.31. The highest BCUT2D eigenvalue weighted by Crippen LogP contribution is 2.29. The third-order valence-electron chi connectivity index (χ3n) is 3.34. The van der Waals surface area contributed by atoms with Gasteiger partial charge in [-0.3, -0.25) is 0 Å². The average molecular weight is 389 g/mol. The van der Waals surface area contributed by atoms with Crippen molar-refractivity contribution < 1.29 is 4.74 Å². The molecule has 1 N–H and O–H groups in total. The van der Waals surface area contributed by atoms with E-state index in [1.54, 1.807) is 18.4 Å². The summed E-state index contributed by atoms with van der Waals surface area (Å²) in [4.78, 5) is 1.38. The Morgan fingerprint density at radius 2 is 2.05 bits per heavy atom. The van der Waals surface area contributed by atoms with Gasteiger partial charge in [0.2, 0.25) is 0 Å². The highest BCUT2D eigenvalue weighted by atomic mass is 79.9. The number of hydrogen-bond donors (Lipinski definition) is 1. The monoisotopic (exact) mass is 387 g/mol. The van der Waals surface area contributed by atoms with Crippen LogP contribution in [0.3, 0.4) is 0 Å². The first-order valence-electron chi connectivity index (χ1n) is 6.87. The van der Waals surface area contributed by atoms with Crippen LogP contribution in [0, 0.1) is 0 Å². The Hall–Kier alpha value is -0.390. The quantitative estimate of drug-likeness (QED) is 0.660. The lowest BCUT2D eigenvalue weighted by Crippen LogP contribution is -2.26. The molecule has 0 aliphatic heterocycles. The maximum atomic E-state index is 5.99. The zero-order valence-corrected chi connectivity index (χ0v) is 15.1. The first kappa shape index (κ1) is 17.0. The summed E-state index contributed by atoms with van der Waals surface area (Å²) < 4.78 is 6.28. The van der Waals surface area contributed by atoms with Crippen LogP contribution in [-0.2, 0) is 11.2 Å². The Bertz CT molecular complexity index is 543. The predicted molar refractivity (Wildman–Crippen MR) is 94.7 cm³/mol. The molecule has 0 amide bonds. The summed E-state index contributed by atoms with van der Waals surface area (Å²) in [6.45, 7) is 2.53. The molecule has 0 radical (unpaired) electrons. The van der Waals surface area contributed by atoms with Gasteiger partial charge < -0.3 is 10.1 Å². The van der Waals surface area contributed by atoms with Gasteiger partial charge in [0.15, 0.2) is 0 Å². The van der Waals surface area contributed by atoms with E-state index in [2.05, 4.69) is 44.8 Å². The maximum Gasteiger partial charge on any atom is 0.0587 e. The van der Waals surface area contributed by atoms with Crippen LogP contribution < -0.4 is 5.32 Å². The summed E-state index contributed by atoms with van der Waals surface area (Å²) >= 11 is 11.4. The molecule has 2 nitrogen and oxygen atoms in total. The number of rotatable bonds is 8. The molecule has 2 aromatic rings. The van der Waals surface area contributed by atoms with Crippen molar-refractivity contribution in [3.8, 4) is 0 Å². The van der Waals surface area contributed by atoms with Crippen LogP contribution in [0.1, 0.15) is 16.4 Å². The smallest absolute Gasteiger partial charge is 0.0587 e. The lowest BCUT2D eigenvalue weighted by molar-refractivity contribution is 0.199. The van der Waals surface area contributed by atoms with E-state index in [1.807, 2.05) is 12.1 Å². The van der Waals surface area contributed by atoms with E-state index in [0.29, 0.717) is 5.92 Å². The largest absolute Gasteiger partial charge is 0.383 e. The predicted octanol–water partition coefficient (Wildman–Crippen LogP) is 4.73. The van der Waals surface area contributed by atoms with Crippen molar-refractivity contribution in [1.82, 2.24) is 5.32 Å². The van der Waals surface area contributed by atoms with E-state index < -0.39 is 0 Å². The number of halogens is 2. The average Bonchev–Trinajstić information content (AvgIpc) is 2.88. The molecule has 0 spiro atoms. The molecule has 5 heteroatoms. The third-order valence-corrected chi connectivity index (χ3v) is 5.54. The van der Waals surface area contributed by atoms with Gasteiger partial charge in [-0.1, -0.05) is 23.7 Å². The minimum atomic E-state index is 0.425. The van der Waals surface area contributed by atoms with E-state index in [4.69, 9.17) is 16.3 Å². The molecule has 1 aromatic carbocycles. The van der Waals surface area contributed by atoms with E-state index in [1.165, 1.54) is 14.9 Å². The summed E-state index contributed by atoms with van der Waals surface area (Å²) in [5.74, 6) is 0.425. The number of nitrogens with one attached hydrogen (secondary N) is 1. The Morgan fingerprint density at radius 3 is 2.67 bits per heavy atom. The van der Waals surface area contributed by atoms with Gasteiger partial charge in [0.25, 0.3) is 0 Å². The molecule has 1 heterocycles. The van der Waals surface area contributed by atoms with Gasteiger partial charge in [-0.05, 0) is 51.5 Å². The zero-order valence-electron chi connectivity index (χ0n) is 11.9. The van der Waals surface area contributed by atoms with E-state index in [9.17, 15) is 0 Å². The summed E-state index contributed by atoms with van der Waals surface area (Å²) in [6, 6.07) is 10.3. The molecular formula is C16H19BrClNOS. The van der Waals surface area contributed by atoms with Crippen molar-refractivity contribution in [1.29, 1.82) is 0 Å². The number of thiophene rings is 1. The molecule has 1 atom stereocenters. The molecule has 114 valence electrons. The van der Waals surface area contributed by atoms with Crippen LogP contribution in [0.15, 0.2) is 40.2 Å². The summed E-state index contributed by atoms with van der Waals surface area (Å²) in [7, 11) is 1.72. The SMILES string of the molecule is COCCNCC(Cc1sccc1Br)c1ccc(Cl)cc1. The topological polar surface area (TPSA) is 21.3 Å². The fourth-order valence-electron chi connectivity index (χ4n) is 2.19. The lowest BCUT2D eigenvalue weighted by atomic mass is 9.95. The van der Waals surface area contributed by atoms with Crippen LogP contribution >= 0.6 is 38.9 Å². The Balaban J connectivity index is 2.06. The van der Waals surface area contributed by atoms with Gasteiger partial charge in [-0.25, -0.2) is 0 Å². The molecule has 1 aromatic heterocycles. The number of hydrogen-bond acceptors (Lipinski definition) is 3.